The molecule has 0 aliphatic rings. The van der Waals surface area contributed by atoms with Crippen LogP contribution in [0.15, 0.2) is 0 Å². The van der Waals surface area contributed by atoms with Gasteiger partial charge in [-0.05, 0) is 34.9 Å². The van der Waals surface area contributed by atoms with E-state index >= 15 is 0 Å². The molecule has 72 valence electrons. The lowest BCUT2D eigenvalue weighted by molar-refractivity contribution is -0.201. The molecule has 0 saturated carbocycles. The number of aliphatic hydroxyl groups is 2. The molecule has 0 bridgehead atoms. The second-order valence-electron chi connectivity index (χ2n) is 3.54. The van der Waals surface area contributed by atoms with Crippen LogP contribution in [0.4, 0.5) is 0 Å². The maximum absolute atomic E-state index is 11.0. The molecule has 0 spiro atoms. The Morgan fingerprint density at radius 2 is 1.58 bits per heavy atom. The highest BCUT2D eigenvalue weighted by molar-refractivity contribution is 5.85. The Kier molecular flexibility index (Phi) is 3.01. The van der Waals surface area contributed by atoms with Crippen molar-refractivity contribution in [3.63, 3.8) is 0 Å². The van der Waals surface area contributed by atoms with Gasteiger partial charge in [-0.25, -0.2) is 0 Å². The number of likely N-dealkylation sites (N-methyl/N-ethyl adjacent to an activating group) is 1. The molecule has 0 unspecified atom stereocenters. The highest BCUT2D eigenvalue weighted by atomic mass is 16.4. The molecule has 0 aromatic rings. The van der Waals surface area contributed by atoms with Gasteiger partial charge in [-0.2, -0.15) is 0 Å². The summed E-state index contributed by atoms with van der Waals surface area (Å²) in [5.74, 6) is -0.457. The van der Waals surface area contributed by atoms with Gasteiger partial charge in [0.1, 0.15) is 0 Å². The van der Waals surface area contributed by atoms with E-state index in [1.165, 1.54) is 25.7 Å². The quantitative estimate of drug-likeness (QED) is 0.573. The summed E-state index contributed by atoms with van der Waals surface area (Å²) >= 11 is 0. The fourth-order valence-electron chi connectivity index (χ4n) is 0.769. The molecule has 0 aliphatic heterocycles. The smallest absolute Gasteiger partial charge is 0.165 e. The summed E-state index contributed by atoms with van der Waals surface area (Å²) in [5, 5.41) is 19.4. The summed E-state index contributed by atoms with van der Waals surface area (Å²) in [6.45, 7) is 3.95. The third-order valence-electron chi connectivity index (χ3n) is 2.48. The Hall–Kier alpha value is -0.450. The Morgan fingerprint density at radius 1 is 1.25 bits per heavy atom. The summed E-state index contributed by atoms with van der Waals surface area (Å²) in [5.41, 5.74) is -3.28. The minimum Gasteiger partial charge on any atom is -0.378 e. The van der Waals surface area contributed by atoms with Crippen molar-refractivity contribution in [1.29, 1.82) is 0 Å². The minimum absolute atomic E-state index is 0.457. The predicted molar refractivity (Wildman–Crippen MR) is 45.6 cm³/mol. The van der Waals surface area contributed by atoms with E-state index in [2.05, 4.69) is 0 Å². The second-order valence-corrected chi connectivity index (χ2v) is 3.54. The van der Waals surface area contributed by atoms with Crippen molar-refractivity contribution in [2.75, 3.05) is 14.1 Å². The van der Waals surface area contributed by atoms with Gasteiger partial charge in [0.2, 0.25) is 0 Å². The van der Waals surface area contributed by atoms with E-state index in [9.17, 15) is 15.0 Å². The first kappa shape index (κ1) is 11.6. The number of hydrogen-bond donors (Lipinski definition) is 2. The second kappa shape index (κ2) is 3.12. The monoisotopic (exact) mass is 175 g/mol. The first-order valence-corrected chi connectivity index (χ1v) is 3.77. The molecule has 4 nitrogen and oxygen atoms in total. The van der Waals surface area contributed by atoms with E-state index in [0.29, 0.717) is 0 Å². The van der Waals surface area contributed by atoms with Crippen molar-refractivity contribution in [3.05, 3.63) is 0 Å². The highest BCUT2D eigenvalue weighted by Crippen LogP contribution is 2.24. The average Bonchev–Trinajstić information content (AvgIpc) is 1.86. The zero-order valence-electron chi connectivity index (χ0n) is 8.25. The summed E-state index contributed by atoms with van der Waals surface area (Å²) < 4.78 is 0. The fourth-order valence-corrected chi connectivity index (χ4v) is 0.769. The highest BCUT2D eigenvalue weighted by Gasteiger charge is 2.47. The number of Topliss-reactive ketones (excluding diaryl/α,β-unsaturated/α-hetero) is 1. The van der Waals surface area contributed by atoms with Crippen molar-refractivity contribution < 1.29 is 15.0 Å². The van der Waals surface area contributed by atoms with Crippen molar-refractivity contribution in [3.8, 4) is 0 Å². The number of carbonyl (C=O) groups excluding carboxylic acids is 1. The van der Waals surface area contributed by atoms with Crippen LogP contribution in [0.2, 0.25) is 0 Å². The summed E-state index contributed by atoms with van der Waals surface area (Å²) in [6, 6.07) is 0. The standard InChI is InChI=1S/C8H17NO3/c1-6(10)7(2,11)8(3,12)9(4)5/h11-12H,1-5H3/t7-,8+/m1/s1. The van der Waals surface area contributed by atoms with E-state index in [1.54, 1.807) is 14.1 Å². The topological polar surface area (TPSA) is 60.8 Å². The van der Waals surface area contributed by atoms with Crippen molar-refractivity contribution in [2.24, 2.45) is 0 Å². The largest absolute Gasteiger partial charge is 0.378 e. The van der Waals surface area contributed by atoms with Crippen LogP contribution >= 0.6 is 0 Å². The molecule has 4 heteroatoms. The molecule has 0 fully saturated rings. The average molecular weight is 175 g/mol. The predicted octanol–water partition coefficient (Wildman–Crippen LogP) is -0.404. The van der Waals surface area contributed by atoms with Gasteiger partial charge in [-0.15, -0.1) is 0 Å². The lowest BCUT2D eigenvalue weighted by Crippen LogP contribution is -2.62. The molecule has 0 rings (SSSR count). The minimum atomic E-state index is -1.74. The van der Waals surface area contributed by atoms with Gasteiger partial charge in [0.25, 0.3) is 0 Å². The van der Waals surface area contributed by atoms with E-state index in [1.807, 2.05) is 0 Å². The number of rotatable bonds is 3. The van der Waals surface area contributed by atoms with E-state index in [0.717, 1.165) is 0 Å². The Labute approximate surface area is 72.8 Å². The first-order valence-electron chi connectivity index (χ1n) is 3.77. The summed E-state index contributed by atoms with van der Waals surface area (Å²) in [7, 11) is 3.19. The summed E-state index contributed by atoms with van der Waals surface area (Å²) in [6.07, 6.45) is 0. The first-order chi connectivity index (χ1) is 5.14. The molecule has 2 N–H and O–H groups in total. The molecule has 0 radical (unpaired) electrons. The zero-order chi connectivity index (χ0) is 10.2. The van der Waals surface area contributed by atoms with Crippen LogP contribution in [0.3, 0.4) is 0 Å². The molecule has 2 atom stereocenters. The number of carbonyl (C=O) groups is 1. The third kappa shape index (κ3) is 1.65. The van der Waals surface area contributed by atoms with Gasteiger partial charge in [0.05, 0.1) is 0 Å². The number of ketones is 1. The Morgan fingerprint density at radius 3 is 1.67 bits per heavy atom. The molecule has 0 heterocycles. The van der Waals surface area contributed by atoms with E-state index < -0.39 is 17.1 Å². The van der Waals surface area contributed by atoms with Crippen LogP contribution in [0.1, 0.15) is 20.8 Å². The SMILES string of the molecule is CC(=O)[C@@](C)(O)[C@](C)(O)N(C)C. The van der Waals surface area contributed by atoms with Crippen LogP contribution in [0.25, 0.3) is 0 Å². The third-order valence-corrected chi connectivity index (χ3v) is 2.48. The fraction of sp³-hybridized carbons (Fsp3) is 0.875. The molecular weight excluding hydrogens is 158 g/mol. The summed E-state index contributed by atoms with van der Waals surface area (Å²) in [4.78, 5) is 12.4. The van der Waals surface area contributed by atoms with Crippen LogP contribution in [0, 0.1) is 0 Å². The van der Waals surface area contributed by atoms with Gasteiger partial charge in [0, 0.05) is 0 Å². The van der Waals surface area contributed by atoms with E-state index in [4.69, 9.17) is 0 Å². The molecule has 0 amide bonds. The van der Waals surface area contributed by atoms with Gasteiger partial charge in [-0.3, -0.25) is 9.69 Å². The van der Waals surface area contributed by atoms with Gasteiger partial charge in [-0.1, -0.05) is 0 Å². The van der Waals surface area contributed by atoms with Gasteiger partial charge >= 0.3 is 0 Å². The van der Waals surface area contributed by atoms with Gasteiger partial charge in [0.15, 0.2) is 17.1 Å². The van der Waals surface area contributed by atoms with Crippen molar-refractivity contribution in [1.82, 2.24) is 4.90 Å². The zero-order valence-corrected chi connectivity index (χ0v) is 8.25. The molecule has 0 saturated heterocycles. The molecule has 0 aromatic heterocycles. The van der Waals surface area contributed by atoms with Crippen molar-refractivity contribution in [2.45, 2.75) is 32.1 Å². The van der Waals surface area contributed by atoms with Crippen LogP contribution in [0.5, 0.6) is 0 Å². The number of hydrogen-bond acceptors (Lipinski definition) is 4. The molecular formula is C8H17NO3. The van der Waals surface area contributed by atoms with Gasteiger partial charge < -0.3 is 10.2 Å². The van der Waals surface area contributed by atoms with Crippen LogP contribution < -0.4 is 0 Å². The van der Waals surface area contributed by atoms with E-state index in [-0.39, 0.29) is 0 Å². The normalized spacial score (nSPS) is 21.7. The number of nitrogens with zero attached hydrogens (tertiary/aromatic N) is 1. The Bertz CT molecular complexity index is 185. The van der Waals surface area contributed by atoms with Crippen LogP contribution in [-0.2, 0) is 4.79 Å². The molecule has 0 aliphatic carbocycles. The Balaban J connectivity index is 4.88. The maximum atomic E-state index is 11.0. The lowest BCUT2D eigenvalue weighted by atomic mass is 9.89. The molecule has 12 heavy (non-hydrogen) atoms. The lowest BCUT2D eigenvalue weighted by Gasteiger charge is -2.41. The molecule has 0 aromatic carbocycles. The maximum Gasteiger partial charge on any atom is 0.165 e. The van der Waals surface area contributed by atoms with Crippen molar-refractivity contribution >= 4 is 5.78 Å². The van der Waals surface area contributed by atoms with Crippen LogP contribution in [-0.4, -0.2) is 46.3 Å².